The predicted molar refractivity (Wildman–Crippen MR) is 76.0 cm³/mol. The summed E-state index contributed by atoms with van der Waals surface area (Å²) < 4.78 is 0. The van der Waals surface area contributed by atoms with Gasteiger partial charge in [-0.25, -0.2) is 4.99 Å². The van der Waals surface area contributed by atoms with Gasteiger partial charge in [0.05, 0.1) is 11.4 Å². The Labute approximate surface area is 116 Å². The third kappa shape index (κ3) is 1.86. The van der Waals surface area contributed by atoms with E-state index in [-0.39, 0.29) is 5.78 Å². The van der Waals surface area contributed by atoms with Gasteiger partial charge in [-0.2, -0.15) is 0 Å². The highest BCUT2D eigenvalue weighted by molar-refractivity contribution is 6.08. The lowest BCUT2D eigenvalue weighted by Gasteiger charge is -2.29. The molecule has 5 heteroatoms. The fourth-order valence-corrected chi connectivity index (χ4v) is 2.16. The summed E-state index contributed by atoms with van der Waals surface area (Å²) in [4.78, 5) is 21.8. The summed E-state index contributed by atoms with van der Waals surface area (Å²) in [5, 5.41) is 0. The van der Waals surface area contributed by atoms with Gasteiger partial charge in [0, 0.05) is 31.1 Å². The van der Waals surface area contributed by atoms with Crippen LogP contribution in [0.25, 0.3) is 5.57 Å². The summed E-state index contributed by atoms with van der Waals surface area (Å²) in [6.07, 6.45) is 6.69. The molecule has 0 fully saturated rings. The van der Waals surface area contributed by atoms with E-state index in [2.05, 4.69) is 15.7 Å². The second-order valence-electron chi connectivity index (χ2n) is 4.35. The number of allylic oxidation sites excluding steroid dienone is 2. The Morgan fingerprint density at radius 2 is 2.25 bits per heavy atom. The zero-order valence-corrected chi connectivity index (χ0v) is 10.9. The van der Waals surface area contributed by atoms with E-state index < -0.39 is 0 Å². The van der Waals surface area contributed by atoms with Crippen LogP contribution in [0.3, 0.4) is 0 Å². The molecule has 1 aromatic rings. The van der Waals surface area contributed by atoms with E-state index in [1.807, 2.05) is 18.2 Å². The number of Topliss-reactive ketones (excluding diaryl/α,β-unsaturated/α-hetero) is 1. The molecule has 0 amide bonds. The molecule has 0 radical (unpaired) electrons. The summed E-state index contributed by atoms with van der Waals surface area (Å²) in [5.74, 6) is 0.267. The highest BCUT2D eigenvalue weighted by atomic mass is 16.1. The third-order valence-corrected chi connectivity index (χ3v) is 3.04. The standard InChI is InChI=1S/C15H12N4O/c1-10(20)13-6-5-11(12-4-2-3-7-17-12)14-15(16)18-8-9-19(13)14/h2-5,7-9H,1H3,(H2,16,18). The normalized spacial score (nSPS) is 16.8. The third-order valence-electron chi connectivity index (χ3n) is 3.04. The summed E-state index contributed by atoms with van der Waals surface area (Å²) in [5.41, 5.74) is 11.6. The SMILES string of the molecule is CC(=O)C1=C=CC(c2ccccn2)=C2C(N)=NC=CN12. The van der Waals surface area contributed by atoms with Gasteiger partial charge in [0.2, 0.25) is 0 Å². The number of nitrogens with zero attached hydrogens (tertiary/aromatic N) is 3. The van der Waals surface area contributed by atoms with Crippen molar-refractivity contribution in [3.63, 3.8) is 0 Å². The number of aromatic nitrogens is 1. The maximum Gasteiger partial charge on any atom is 0.184 e. The molecule has 0 atom stereocenters. The van der Waals surface area contributed by atoms with E-state index in [0.29, 0.717) is 17.2 Å². The fraction of sp³-hybridized carbons (Fsp3) is 0.0667. The predicted octanol–water partition coefficient (Wildman–Crippen LogP) is 1.58. The molecule has 0 spiro atoms. The van der Waals surface area contributed by atoms with Crippen LogP contribution in [0, 0.1) is 0 Å². The number of carbonyl (C=O) groups is 1. The minimum Gasteiger partial charge on any atom is -0.382 e. The number of hydrogen-bond donors (Lipinski definition) is 1. The minimum absolute atomic E-state index is 0.0850. The van der Waals surface area contributed by atoms with Gasteiger partial charge in [0.15, 0.2) is 5.78 Å². The summed E-state index contributed by atoms with van der Waals surface area (Å²) >= 11 is 0. The zero-order valence-electron chi connectivity index (χ0n) is 10.9. The van der Waals surface area contributed by atoms with Crippen LogP contribution in [0.15, 0.2) is 65.0 Å². The first-order chi connectivity index (χ1) is 9.68. The Bertz CT molecular complexity index is 734. The summed E-state index contributed by atoms with van der Waals surface area (Å²) in [7, 11) is 0. The van der Waals surface area contributed by atoms with Crippen LogP contribution in [0.4, 0.5) is 0 Å². The van der Waals surface area contributed by atoms with Gasteiger partial charge in [-0.1, -0.05) is 11.8 Å². The largest absolute Gasteiger partial charge is 0.382 e. The lowest BCUT2D eigenvalue weighted by atomic mass is 10.0. The Kier molecular flexibility index (Phi) is 2.82. The average molecular weight is 264 g/mol. The van der Waals surface area contributed by atoms with Gasteiger partial charge in [0.25, 0.3) is 0 Å². The number of nitrogens with two attached hydrogens (primary N) is 1. The van der Waals surface area contributed by atoms with Gasteiger partial charge in [0.1, 0.15) is 11.5 Å². The number of hydrogen-bond acceptors (Lipinski definition) is 5. The van der Waals surface area contributed by atoms with Crippen molar-refractivity contribution in [2.45, 2.75) is 6.92 Å². The van der Waals surface area contributed by atoms with Crippen LogP contribution < -0.4 is 5.73 Å². The Balaban J connectivity index is 2.24. The topological polar surface area (TPSA) is 71.6 Å². The number of ketones is 1. The summed E-state index contributed by atoms with van der Waals surface area (Å²) in [6, 6.07) is 5.61. The molecule has 0 saturated heterocycles. The maximum atomic E-state index is 11.7. The van der Waals surface area contributed by atoms with Crippen LogP contribution in [0.2, 0.25) is 0 Å². The highest BCUT2D eigenvalue weighted by Gasteiger charge is 2.27. The molecule has 2 aliphatic rings. The van der Waals surface area contributed by atoms with Crippen molar-refractivity contribution in [3.8, 4) is 0 Å². The number of aliphatic imine (C=N–C) groups is 1. The lowest BCUT2D eigenvalue weighted by Crippen LogP contribution is -2.33. The van der Waals surface area contributed by atoms with E-state index in [1.165, 1.54) is 6.92 Å². The highest BCUT2D eigenvalue weighted by Crippen LogP contribution is 2.29. The summed E-state index contributed by atoms with van der Waals surface area (Å²) in [6.45, 7) is 1.50. The van der Waals surface area contributed by atoms with Crippen LogP contribution in [0.1, 0.15) is 12.6 Å². The van der Waals surface area contributed by atoms with Gasteiger partial charge in [-0.3, -0.25) is 9.78 Å². The zero-order chi connectivity index (χ0) is 14.1. The van der Waals surface area contributed by atoms with Gasteiger partial charge in [-0.05, 0) is 18.2 Å². The van der Waals surface area contributed by atoms with Crippen molar-refractivity contribution < 1.29 is 4.79 Å². The second kappa shape index (κ2) is 4.64. The Hall–Kier alpha value is -2.91. The van der Waals surface area contributed by atoms with Crippen LogP contribution in [-0.2, 0) is 4.79 Å². The van der Waals surface area contributed by atoms with Crippen molar-refractivity contribution >= 4 is 17.2 Å². The molecule has 5 nitrogen and oxygen atoms in total. The number of fused-ring (bicyclic) bond motifs is 1. The molecular weight excluding hydrogens is 252 g/mol. The van der Waals surface area contributed by atoms with E-state index in [4.69, 9.17) is 5.73 Å². The first-order valence-corrected chi connectivity index (χ1v) is 6.11. The van der Waals surface area contributed by atoms with Crippen molar-refractivity contribution in [2.75, 3.05) is 0 Å². The first kappa shape index (κ1) is 12.1. The lowest BCUT2D eigenvalue weighted by molar-refractivity contribution is -0.114. The molecular formula is C15H12N4O. The van der Waals surface area contributed by atoms with E-state index in [1.54, 1.807) is 29.6 Å². The molecule has 0 bridgehead atoms. The van der Waals surface area contributed by atoms with Crippen molar-refractivity contribution in [2.24, 2.45) is 10.7 Å². The Morgan fingerprint density at radius 3 is 2.95 bits per heavy atom. The van der Waals surface area contributed by atoms with Gasteiger partial charge in [-0.15, -0.1) is 0 Å². The number of carbonyl (C=O) groups excluding carboxylic acids is 1. The monoisotopic (exact) mass is 264 g/mol. The molecule has 20 heavy (non-hydrogen) atoms. The van der Waals surface area contributed by atoms with Crippen LogP contribution >= 0.6 is 0 Å². The molecule has 0 aliphatic carbocycles. The van der Waals surface area contributed by atoms with E-state index in [9.17, 15) is 4.79 Å². The average Bonchev–Trinajstić information content (AvgIpc) is 2.47. The molecule has 0 aromatic carbocycles. The maximum absolute atomic E-state index is 11.7. The Morgan fingerprint density at radius 1 is 1.40 bits per heavy atom. The van der Waals surface area contributed by atoms with Crippen molar-refractivity contribution in [3.05, 3.63) is 65.7 Å². The minimum atomic E-state index is -0.0850. The van der Waals surface area contributed by atoms with Gasteiger partial charge >= 0.3 is 0 Å². The number of amidine groups is 1. The molecule has 0 unspecified atom stereocenters. The molecule has 1 aromatic heterocycles. The first-order valence-electron chi connectivity index (χ1n) is 6.11. The van der Waals surface area contributed by atoms with Crippen LogP contribution in [-0.4, -0.2) is 21.5 Å². The van der Waals surface area contributed by atoms with E-state index in [0.717, 1.165) is 11.3 Å². The molecule has 2 N–H and O–H groups in total. The van der Waals surface area contributed by atoms with Gasteiger partial charge < -0.3 is 10.6 Å². The number of pyridine rings is 1. The van der Waals surface area contributed by atoms with Crippen molar-refractivity contribution in [1.29, 1.82) is 0 Å². The molecule has 2 aliphatic heterocycles. The molecule has 98 valence electrons. The number of rotatable bonds is 2. The second-order valence-corrected chi connectivity index (χ2v) is 4.35. The molecule has 3 heterocycles. The fourth-order valence-electron chi connectivity index (χ4n) is 2.16. The molecule has 0 saturated carbocycles. The quantitative estimate of drug-likeness (QED) is 0.823. The van der Waals surface area contributed by atoms with Crippen LogP contribution in [0.5, 0.6) is 0 Å². The smallest absolute Gasteiger partial charge is 0.184 e. The van der Waals surface area contributed by atoms with E-state index >= 15 is 0 Å². The molecule has 3 rings (SSSR count). The van der Waals surface area contributed by atoms with Crippen molar-refractivity contribution in [1.82, 2.24) is 9.88 Å².